The van der Waals surface area contributed by atoms with E-state index in [0.29, 0.717) is 17.4 Å². The van der Waals surface area contributed by atoms with Crippen LogP contribution < -0.4 is 10.6 Å². The summed E-state index contributed by atoms with van der Waals surface area (Å²) < 4.78 is 0.824. The van der Waals surface area contributed by atoms with E-state index in [2.05, 4.69) is 62.2 Å². The number of halogens is 1. The van der Waals surface area contributed by atoms with Gasteiger partial charge in [-0.15, -0.1) is 0 Å². The molecule has 1 aromatic carbocycles. The number of nitro groups is 1. The largest absolute Gasteiger partial charge is 0.360 e. The second-order valence-electron chi connectivity index (χ2n) is 7.98. The van der Waals surface area contributed by atoms with Gasteiger partial charge in [-0.3, -0.25) is 10.1 Å². The summed E-state index contributed by atoms with van der Waals surface area (Å²) in [5, 5.41) is 18.4. The maximum absolute atomic E-state index is 12.0. The Bertz CT molecular complexity index is 888. The summed E-state index contributed by atoms with van der Waals surface area (Å²) in [5.74, 6) is 1.26. The van der Waals surface area contributed by atoms with E-state index in [1.165, 1.54) is 5.56 Å². The van der Waals surface area contributed by atoms with Crippen molar-refractivity contribution in [3.8, 4) is 0 Å². The topological polar surface area (TPSA) is 96.2 Å². The molecule has 2 rings (SSSR count). The Morgan fingerprint density at radius 3 is 2.43 bits per heavy atom. The number of hydrogen-bond acceptors (Lipinski definition) is 7. The zero-order valence-electron chi connectivity index (χ0n) is 18.5. The lowest BCUT2D eigenvalue weighted by molar-refractivity contribution is -0.383. The number of aromatic nitrogens is 2. The lowest BCUT2D eigenvalue weighted by Crippen LogP contribution is -2.33. The molecule has 1 unspecified atom stereocenters. The first-order chi connectivity index (χ1) is 14.1. The number of benzene rings is 1. The zero-order chi connectivity index (χ0) is 22.4. The SMILES string of the molecule is CCCC(CN(C)C)Nc1nc(C)nc(Nc2ccc(C(C)C)cc2Br)c1[N+](=O)[O-]. The van der Waals surface area contributed by atoms with E-state index in [-0.39, 0.29) is 23.4 Å². The summed E-state index contributed by atoms with van der Waals surface area (Å²) in [6, 6.07) is 5.97. The standard InChI is InChI=1S/C21H31BrN6O2/c1-7-8-16(12-27(5)6)25-20-19(28(29)30)21(24-14(4)23-20)26-18-10-9-15(13(2)3)11-17(18)22/h9-11,13,16H,7-8,12H2,1-6H3,(H2,23,24,25,26). The first kappa shape index (κ1) is 24.0. The molecule has 8 nitrogen and oxygen atoms in total. The monoisotopic (exact) mass is 478 g/mol. The summed E-state index contributed by atoms with van der Waals surface area (Å²) in [6.45, 7) is 8.81. The van der Waals surface area contributed by atoms with Crippen molar-refractivity contribution in [2.75, 3.05) is 31.3 Å². The van der Waals surface area contributed by atoms with Crippen molar-refractivity contribution in [3.05, 3.63) is 44.2 Å². The van der Waals surface area contributed by atoms with E-state index >= 15 is 0 Å². The second kappa shape index (κ2) is 10.7. The van der Waals surface area contributed by atoms with E-state index in [1.807, 2.05) is 32.3 Å². The Labute approximate surface area is 186 Å². The first-order valence-electron chi connectivity index (χ1n) is 10.1. The Morgan fingerprint density at radius 1 is 1.23 bits per heavy atom. The number of nitrogens with one attached hydrogen (secondary N) is 2. The Morgan fingerprint density at radius 2 is 1.90 bits per heavy atom. The molecule has 9 heteroatoms. The number of aryl methyl sites for hydroxylation is 1. The third kappa shape index (κ3) is 6.37. The Hall–Kier alpha value is -2.26. The molecular formula is C21H31BrN6O2. The predicted octanol–water partition coefficient (Wildman–Crippen LogP) is 5.46. The molecule has 2 aromatic rings. The molecule has 0 aliphatic heterocycles. The molecule has 0 aliphatic carbocycles. The highest BCUT2D eigenvalue weighted by molar-refractivity contribution is 9.10. The van der Waals surface area contributed by atoms with Crippen molar-refractivity contribution in [2.24, 2.45) is 0 Å². The summed E-state index contributed by atoms with van der Waals surface area (Å²) >= 11 is 3.56. The summed E-state index contributed by atoms with van der Waals surface area (Å²) in [5.41, 5.74) is 1.74. The highest BCUT2D eigenvalue weighted by Crippen LogP contribution is 2.35. The molecule has 2 N–H and O–H groups in total. The predicted molar refractivity (Wildman–Crippen MR) is 126 cm³/mol. The Balaban J connectivity index is 2.44. The van der Waals surface area contributed by atoms with E-state index in [9.17, 15) is 10.1 Å². The smallest absolute Gasteiger partial charge is 0.353 e. The molecule has 164 valence electrons. The van der Waals surface area contributed by atoms with Crippen LogP contribution in [0.25, 0.3) is 0 Å². The van der Waals surface area contributed by atoms with Gasteiger partial charge in [0.05, 0.1) is 10.6 Å². The van der Waals surface area contributed by atoms with Gasteiger partial charge in [-0.05, 0) is 67.0 Å². The van der Waals surface area contributed by atoms with Crippen LogP contribution in [-0.2, 0) is 0 Å². The normalized spacial score (nSPS) is 12.3. The van der Waals surface area contributed by atoms with Crippen LogP contribution in [0.2, 0.25) is 0 Å². The number of anilines is 3. The van der Waals surface area contributed by atoms with Gasteiger partial charge in [0.1, 0.15) is 5.82 Å². The van der Waals surface area contributed by atoms with Crippen LogP contribution in [0.3, 0.4) is 0 Å². The van der Waals surface area contributed by atoms with Crippen LogP contribution in [0.1, 0.15) is 50.9 Å². The molecule has 0 saturated carbocycles. The number of nitrogens with zero attached hydrogens (tertiary/aromatic N) is 4. The molecule has 0 saturated heterocycles. The van der Waals surface area contributed by atoms with Crippen molar-refractivity contribution >= 4 is 38.9 Å². The molecule has 1 aromatic heterocycles. The maximum Gasteiger partial charge on any atom is 0.353 e. The van der Waals surface area contributed by atoms with Crippen LogP contribution in [0.4, 0.5) is 23.0 Å². The molecule has 1 atom stereocenters. The molecule has 30 heavy (non-hydrogen) atoms. The molecule has 0 bridgehead atoms. The van der Waals surface area contributed by atoms with Gasteiger partial charge in [0.25, 0.3) is 0 Å². The molecular weight excluding hydrogens is 448 g/mol. The van der Waals surface area contributed by atoms with Crippen molar-refractivity contribution in [1.29, 1.82) is 0 Å². The minimum Gasteiger partial charge on any atom is -0.360 e. The average molecular weight is 479 g/mol. The highest BCUT2D eigenvalue weighted by atomic mass is 79.9. The molecule has 1 heterocycles. The first-order valence-corrected chi connectivity index (χ1v) is 10.9. The zero-order valence-corrected chi connectivity index (χ0v) is 20.1. The van der Waals surface area contributed by atoms with Crippen LogP contribution in [0, 0.1) is 17.0 Å². The minimum atomic E-state index is -0.431. The highest BCUT2D eigenvalue weighted by Gasteiger charge is 2.26. The van der Waals surface area contributed by atoms with E-state index in [4.69, 9.17) is 0 Å². The summed E-state index contributed by atoms with van der Waals surface area (Å²) in [7, 11) is 3.96. The fourth-order valence-corrected chi connectivity index (χ4v) is 3.73. The molecule has 0 radical (unpaired) electrons. The van der Waals surface area contributed by atoms with Crippen molar-refractivity contribution in [2.45, 2.75) is 52.5 Å². The van der Waals surface area contributed by atoms with Gasteiger partial charge in [0, 0.05) is 17.1 Å². The van der Waals surface area contributed by atoms with Crippen molar-refractivity contribution in [3.63, 3.8) is 0 Å². The van der Waals surface area contributed by atoms with Crippen LogP contribution in [-0.4, -0.2) is 46.5 Å². The third-order valence-corrected chi connectivity index (χ3v) is 5.31. The Kier molecular flexibility index (Phi) is 8.54. The lowest BCUT2D eigenvalue weighted by atomic mass is 10.0. The fraction of sp³-hybridized carbons (Fsp3) is 0.524. The molecule has 0 spiro atoms. The van der Waals surface area contributed by atoms with Gasteiger partial charge in [-0.2, -0.15) is 0 Å². The van der Waals surface area contributed by atoms with E-state index in [0.717, 1.165) is 23.9 Å². The second-order valence-corrected chi connectivity index (χ2v) is 8.84. The van der Waals surface area contributed by atoms with Crippen molar-refractivity contribution in [1.82, 2.24) is 14.9 Å². The van der Waals surface area contributed by atoms with Crippen LogP contribution >= 0.6 is 15.9 Å². The summed E-state index contributed by atoms with van der Waals surface area (Å²) in [6.07, 6.45) is 1.84. The van der Waals surface area contributed by atoms with Gasteiger partial charge in [0.2, 0.25) is 11.6 Å². The fourth-order valence-electron chi connectivity index (χ4n) is 3.24. The average Bonchev–Trinajstić information content (AvgIpc) is 2.62. The van der Waals surface area contributed by atoms with Gasteiger partial charge < -0.3 is 15.5 Å². The summed E-state index contributed by atoms with van der Waals surface area (Å²) in [4.78, 5) is 22.3. The third-order valence-electron chi connectivity index (χ3n) is 4.65. The van der Waals surface area contributed by atoms with Gasteiger partial charge in [-0.1, -0.05) is 33.3 Å². The molecule has 0 fully saturated rings. The van der Waals surface area contributed by atoms with E-state index in [1.54, 1.807) is 6.92 Å². The number of hydrogen-bond donors (Lipinski definition) is 2. The quantitative estimate of drug-likeness (QED) is 0.345. The van der Waals surface area contributed by atoms with Gasteiger partial charge in [-0.25, -0.2) is 9.97 Å². The maximum atomic E-state index is 12.0. The van der Waals surface area contributed by atoms with E-state index < -0.39 is 4.92 Å². The molecule has 0 amide bonds. The van der Waals surface area contributed by atoms with Gasteiger partial charge >= 0.3 is 5.69 Å². The van der Waals surface area contributed by atoms with Gasteiger partial charge in [0.15, 0.2) is 0 Å². The van der Waals surface area contributed by atoms with Crippen molar-refractivity contribution < 1.29 is 4.92 Å². The lowest BCUT2D eigenvalue weighted by Gasteiger charge is -2.23. The van der Waals surface area contributed by atoms with Crippen LogP contribution in [0.5, 0.6) is 0 Å². The number of rotatable bonds is 10. The minimum absolute atomic E-state index is 0.0444. The number of likely N-dealkylation sites (N-methyl/N-ethyl adjacent to an activating group) is 1. The van der Waals surface area contributed by atoms with Crippen LogP contribution in [0.15, 0.2) is 22.7 Å². The molecule has 0 aliphatic rings.